The van der Waals surface area contributed by atoms with Crippen LogP contribution in [0.1, 0.15) is 57.5 Å². The first-order valence-corrected chi connectivity index (χ1v) is 14.7. The van der Waals surface area contributed by atoms with Crippen molar-refractivity contribution < 1.29 is 41.3 Å². The molecule has 5 rings (SSSR count). The molecule has 6 nitrogen and oxygen atoms in total. The zero-order valence-corrected chi connectivity index (χ0v) is 25.2. The highest BCUT2D eigenvalue weighted by atomic mass is 19.2. The third-order valence-corrected chi connectivity index (χ3v) is 8.05. The fourth-order valence-electron chi connectivity index (χ4n) is 5.46. The maximum Gasteiger partial charge on any atom is 0.257 e. The van der Waals surface area contributed by atoms with E-state index in [1.54, 1.807) is 24.3 Å². The lowest BCUT2D eigenvalue weighted by atomic mass is 9.90. The Morgan fingerprint density at radius 2 is 1.33 bits per heavy atom. The maximum absolute atomic E-state index is 14.1. The fourth-order valence-corrected chi connectivity index (χ4v) is 5.46. The van der Waals surface area contributed by atoms with Crippen LogP contribution in [0.15, 0.2) is 78.9 Å². The molecular formula is C35H33F5N2O4. The highest BCUT2D eigenvalue weighted by Gasteiger charge is 2.39. The van der Waals surface area contributed by atoms with E-state index >= 15 is 0 Å². The Labute approximate surface area is 263 Å². The Bertz CT molecular complexity index is 1630. The molecule has 4 aromatic carbocycles. The molecule has 0 aliphatic carbocycles. The van der Waals surface area contributed by atoms with E-state index < -0.39 is 46.8 Å². The Kier molecular flexibility index (Phi) is 10.5. The number of hydrogen-bond donors (Lipinski definition) is 2. The van der Waals surface area contributed by atoms with E-state index in [2.05, 4.69) is 29.3 Å². The number of hydrogen-bond acceptors (Lipinski definition) is 5. The van der Waals surface area contributed by atoms with Crippen LogP contribution in [-0.4, -0.2) is 35.6 Å². The minimum absolute atomic E-state index is 0.0362. The number of carbonyl (C=O) groups is 1. The van der Waals surface area contributed by atoms with Gasteiger partial charge in [-0.05, 0) is 29.3 Å². The molecule has 0 spiro atoms. The largest absolute Gasteiger partial charge is 0.392 e. The Balaban J connectivity index is 1.31. The second-order valence-electron chi connectivity index (χ2n) is 11.4. The lowest BCUT2D eigenvalue weighted by Gasteiger charge is -2.42. The second-order valence-corrected chi connectivity index (χ2v) is 11.4. The van der Waals surface area contributed by atoms with Crippen molar-refractivity contribution in [3.63, 3.8) is 0 Å². The van der Waals surface area contributed by atoms with Gasteiger partial charge in [0.25, 0.3) is 5.91 Å². The molecule has 1 aliphatic rings. The van der Waals surface area contributed by atoms with Crippen molar-refractivity contribution in [2.24, 2.45) is 5.92 Å². The van der Waals surface area contributed by atoms with Crippen molar-refractivity contribution in [3.05, 3.63) is 141 Å². The molecule has 4 atom stereocenters. The number of benzene rings is 4. The van der Waals surface area contributed by atoms with Gasteiger partial charge in [0.2, 0.25) is 5.82 Å². The number of likely N-dealkylation sites (N-methyl/N-ethyl adjacent to an activating group) is 1. The van der Waals surface area contributed by atoms with Crippen LogP contribution in [0.3, 0.4) is 0 Å². The third-order valence-electron chi connectivity index (χ3n) is 8.05. The fraction of sp³-hybridized carbons (Fsp3) is 0.286. The first-order chi connectivity index (χ1) is 22.1. The van der Waals surface area contributed by atoms with Crippen LogP contribution in [0, 0.1) is 35.0 Å². The van der Waals surface area contributed by atoms with Gasteiger partial charge < -0.3 is 19.9 Å². The van der Waals surface area contributed by atoms with Crippen molar-refractivity contribution in [2.45, 2.75) is 45.1 Å². The van der Waals surface area contributed by atoms with E-state index in [-0.39, 0.29) is 31.3 Å². The van der Waals surface area contributed by atoms with Gasteiger partial charge in [-0.1, -0.05) is 85.8 Å². The molecule has 0 saturated carbocycles. The maximum atomic E-state index is 14.1. The van der Waals surface area contributed by atoms with Gasteiger partial charge in [-0.15, -0.1) is 0 Å². The molecule has 1 fully saturated rings. The number of ether oxygens (including phenoxy) is 2. The topological polar surface area (TPSA) is 71.0 Å². The normalized spacial score (nSPS) is 19.8. The zero-order chi connectivity index (χ0) is 33.0. The molecular weight excluding hydrogens is 607 g/mol. The van der Waals surface area contributed by atoms with Gasteiger partial charge in [0.1, 0.15) is 5.56 Å². The van der Waals surface area contributed by atoms with E-state index in [1.807, 2.05) is 49.5 Å². The summed E-state index contributed by atoms with van der Waals surface area (Å²) in [5, 5.41) is 11.7. The number of carbonyl (C=O) groups excluding carboxylic acids is 1. The third kappa shape index (κ3) is 7.28. The summed E-state index contributed by atoms with van der Waals surface area (Å²) in [4.78, 5) is 14.5. The minimum Gasteiger partial charge on any atom is -0.392 e. The Hall–Kier alpha value is -4.16. The lowest BCUT2D eigenvalue weighted by Crippen LogP contribution is -2.43. The van der Waals surface area contributed by atoms with Crippen LogP contribution in [0.5, 0.6) is 0 Å². The summed E-state index contributed by atoms with van der Waals surface area (Å²) in [5.41, 5.74) is 2.51. The number of nitrogens with one attached hydrogen (secondary N) is 1. The van der Waals surface area contributed by atoms with Crippen LogP contribution in [0.2, 0.25) is 0 Å². The molecule has 1 saturated heterocycles. The summed E-state index contributed by atoms with van der Waals surface area (Å²) < 4.78 is 81.5. The first-order valence-electron chi connectivity index (χ1n) is 14.7. The second kappa shape index (κ2) is 14.5. The number of aliphatic hydroxyl groups excluding tert-OH is 1. The number of halogens is 5. The average molecular weight is 641 g/mol. The van der Waals surface area contributed by atoms with Crippen molar-refractivity contribution >= 4 is 5.91 Å². The summed E-state index contributed by atoms with van der Waals surface area (Å²) in [6.45, 7) is 3.09. The Morgan fingerprint density at radius 1 is 0.761 bits per heavy atom. The molecule has 11 heteroatoms. The highest BCUT2D eigenvalue weighted by molar-refractivity contribution is 5.94. The summed E-state index contributed by atoms with van der Waals surface area (Å²) in [6, 6.07) is 24.3. The smallest absolute Gasteiger partial charge is 0.257 e. The SMILES string of the molecule is C[C@@H]1[C@H](CN(C)Cc2ccccc2)O[C@H](c2ccc(CNC(=O)c3c(F)c(F)c(F)c(F)c3F)cc2)O[C@@H]1c1ccc(CO)cc1. The van der Waals surface area contributed by atoms with Gasteiger partial charge in [-0.3, -0.25) is 9.69 Å². The van der Waals surface area contributed by atoms with Crippen LogP contribution in [0.4, 0.5) is 22.0 Å². The number of nitrogens with zero attached hydrogens (tertiary/aromatic N) is 1. The predicted molar refractivity (Wildman–Crippen MR) is 160 cm³/mol. The van der Waals surface area contributed by atoms with E-state index in [9.17, 15) is 31.9 Å². The van der Waals surface area contributed by atoms with Gasteiger partial charge in [-0.2, -0.15) is 0 Å². The highest BCUT2D eigenvalue weighted by Crippen LogP contribution is 2.42. The van der Waals surface area contributed by atoms with Gasteiger partial charge in [0.05, 0.1) is 18.8 Å². The molecule has 0 bridgehead atoms. The quantitative estimate of drug-likeness (QED) is 0.114. The Morgan fingerprint density at radius 3 is 1.93 bits per heavy atom. The van der Waals surface area contributed by atoms with E-state index in [0.717, 1.165) is 17.7 Å². The molecule has 4 aromatic rings. The summed E-state index contributed by atoms with van der Waals surface area (Å²) in [5.74, 6) is -12.6. The molecule has 0 radical (unpaired) electrons. The lowest BCUT2D eigenvalue weighted by molar-refractivity contribution is -0.276. The van der Waals surface area contributed by atoms with E-state index in [0.29, 0.717) is 17.7 Å². The molecule has 1 amide bonds. The van der Waals surface area contributed by atoms with Gasteiger partial charge in [-0.25, -0.2) is 22.0 Å². The molecule has 1 heterocycles. The van der Waals surface area contributed by atoms with Crippen molar-refractivity contribution in [2.75, 3.05) is 13.6 Å². The molecule has 0 unspecified atom stereocenters. The van der Waals surface area contributed by atoms with Crippen LogP contribution in [0.25, 0.3) is 0 Å². The molecule has 242 valence electrons. The predicted octanol–water partition coefficient (Wildman–Crippen LogP) is 6.73. The molecule has 2 N–H and O–H groups in total. The number of amides is 1. The van der Waals surface area contributed by atoms with E-state index in [1.165, 1.54) is 5.56 Å². The standard InChI is InChI=1S/C35H33F5N2O4/c1-20-26(18-42(2)17-22-6-4-3-5-7-22)45-35(46-33(20)24-12-10-23(19-43)11-13-24)25-14-8-21(9-15-25)16-41-34(44)27-28(36)30(38)32(40)31(39)29(27)37/h3-15,20,26,33,35,43H,16-19H2,1-2H3,(H,41,44)/t20-,26+,33+,35+/m1/s1. The van der Waals surface area contributed by atoms with E-state index in [4.69, 9.17) is 9.47 Å². The van der Waals surface area contributed by atoms with Crippen molar-refractivity contribution in [1.29, 1.82) is 0 Å². The number of aliphatic hydroxyl groups is 1. The zero-order valence-electron chi connectivity index (χ0n) is 25.2. The van der Waals surface area contributed by atoms with Crippen molar-refractivity contribution in [1.82, 2.24) is 10.2 Å². The van der Waals surface area contributed by atoms with Crippen molar-refractivity contribution in [3.8, 4) is 0 Å². The molecule has 1 aliphatic heterocycles. The van der Waals surface area contributed by atoms with Gasteiger partial charge in [0.15, 0.2) is 29.6 Å². The van der Waals surface area contributed by atoms with Gasteiger partial charge in [0, 0.05) is 31.1 Å². The minimum atomic E-state index is -2.34. The monoisotopic (exact) mass is 640 g/mol. The molecule has 46 heavy (non-hydrogen) atoms. The molecule has 0 aromatic heterocycles. The van der Waals surface area contributed by atoms with Crippen LogP contribution < -0.4 is 5.32 Å². The number of rotatable bonds is 10. The van der Waals surface area contributed by atoms with Gasteiger partial charge >= 0.3 is 0 Å². The summed E-state index contributed by atoms with van der Waals surface area (Å²) in [6.07, 6.45) is -1.32. The van der Waals surface area contributed by atoms with Crippen LogP contribution >= 0.6 is 0 Å². The van der Waals surface area contributed by atoms with Crippen LogP contribution in [-0.2, 0) is 29.2 Å². The average Bonchev–Trinajstić information content (AvgIpc) is 3.07. The summed E-state index contributed by atoms with van der Waals surface area (Å²) >= 11 is 0. The summed E-state index contributed by atoms with van der Waals surface area (Å²) in [7, 11) is 2.02. The first kappa shape index (κ1) is 33.2.